The van der Waals surface area contributed by atoms with Gasteiger partial charge in [-0.2, -0.15) is 13.2 Å². The Morgan fingerprint density at radius 1 is 1.44 bits per heavy atom. The summed E-state index contributed by atoms with van der Waals surface area (Å²) in [7, 11) is 0. The van der Waals surface area contributed by atoms with E-state index in [9.17, 15) is 13.2 Å². The maximum Gasteiger partial charge on any atom is 0.393 e. The zero-order valence-electron chi connectivity index (χ0n) is 10.2. The van der Waals surface area contributed by atoms with Gasteiger partial charge in [-0.25, -0.2) is 4.68 Å². The summed E-state index contributed by atoms with van der Waals surface area (Å²) in [5.74, 6) is -1.23. The Morgan fingerprint density at radius 2 is 2.22 bits per heavy atom. The summed E-state index contributed by atoms with van der Waals surface area (Å²) in [6.45, 7) is 2.75. The third-order valence-corrected chi connectivity index (χ3v) is 3.32. The van der Waals surface area contributed by atoms with Gasteiger partial charge < -0.3 is 5.32 Å². The highest BCUT2D eigenvalue weighted by Gasteiger charge is 2.41. The quantitative estimate of drug-likeness (QED) is 0.908. The monoisotopic (exact) mass is 262 g/mol. The summed E-state index contributed by atoms with van der Waals surface area (Å²) in [6.07, 6.45) is -0.894. The molecule has 0 saturated carbocycles. The summed E-state index contributed by atoms with van der Waals surface area (Å²) < 4.78 is 39.4. The minimum atomic E-state index is -4.10. The van der Waals surface area contributed by atoms with Crippen LogP contribution in [-0.4, -0.2) is 27.7 Å². The van der Waals surface area contributed by atoms with Crippen molar-refractivity contribution in [2.24, 2.45) is 5.92 Å². The maximum absolute atomic E-state index is 12.5. The molecule has 1 aromatic heterocycles. The molecular formula is C11H17F3N4. The SMILES string of the molecule is CCCn1nncc1C1CCC(C(F)(F)F)CN1. The lowest BCUT2D eigenvalue weighted by Gasteiger charge is -2.31. The van der Waals surface area contributed by atoms with Crippen molar-refractivity contribution in [3.63, 3.8) is 0 Å². The van der Waals surface area contributed by atoms with Gasteiger partial charge in [0.25, 0.3) is 0 Å². The largest absolute Gasteiger partial charge is 0.393 e. The molecule has 1 aliphatic rings. The van der Waals surface area contributed by atoms with Crippen LogP contribution in [0.15, 0.2) is 6.20 Å². The fourth-order valence-electron chi connectivity index (χ4n) is 2.31. The van der Waals surface area contributed by atoms with Crippen molar-refractivity contribution in [3.8, 4) is 0 Å². The van der Waals surface area contributed by atoms with E-state index in [1.54, 1.807) is 10.9 Å². The third kappa shape index (κ3) is 2.82. The summed E-state index contributed by atoms with van der Waals surface area (Å²) >= 11 is 0. The second-order valence-corrected chi connectivity index (χ2v) is 4.66. The Kier molecular flexibility index (Phi) is 3.89. The predicted molar refractivity (Wildman–Crippen MR) is 59.8 cm³/mol. The van der Waals surface area contributed by atoms with Gasteiger partial charge in [-0.1, -0.05) is 12.1 Å². The zero-order chi connectivity index (χ0) is 13.2. The van der Waals surface area contributed by atoms with Crippen molar-refractivity contribution < 1.29 is 13.2 Å². The van der Waals surface area contributed by atoms with Crippen molar-refractivity contribution in [2.45, 2.75) is 44.9 Å². The molecule has 18 heavy (non-hydrogen) atoms. The van der Waals surface area contributed by atoms with Gasteiger partial charge in [-0.15, -0.1) is 5.10 Å². The molecule has 1 saturated heterocycles. The number of halogens is 3. The molecule has 1 aliphatic heterocycles. The van der Waals surface area contributed by atoms with Crippen LogP contribution in [0.4, 0.5) is 13.2 Å². The number of hydrogen-bond donors (Lipinski definition) is 1. The predicted octanol–water partition coefficient (Wildman–Crippen LogP) is 2.29. The van der Waals surface area contributed by atoms with Crippen molar-refractivity contribution in [2.75, 3.05) is 6.54 Å². The topological polar surface area (TPSA) is 42.7 Å². The van der Waals surface area contributed by atoms with Crippen LogP contribution in [0.5, 0.6) is 0 Å². The molecule has 7 heteroatoms. The van der Waals surface area contributed by atoms with E-state index in [-0.39, 0.29) is 19.0 Å². The first kappa shape index (κ1) is 13.3. The van der Waals surface area contributed by atoms with Gasteiger partial charge in [0.2, 0.25) is 0 Å². The number of nitrogens with zero attached hydrogens (tertiary/aromatic N) is 3. The lowest BCUT2D eigenvalue weighted by Crippen LogP contribution is -2.40. The molecule has 2 unspecified atom stereocenters. The molecule has 0 bridgehead atoms. The van der Waals surface area contributed by atoms with Gasteiger partial charge in [0.05, 0.1) is 23.9 Å². The molecule has 0 amide bonds. The third-order valence-electron chi connectivity index (χ3n) is 3.32. The van der Waals surface area contributed by atoms with E-state index in [4.69, 9.17) is 0 Å². The Morgan fingerprint density at radius 3 is 2.78 bits per heavy atom. The summed E-state index contributed by atoms with van der Waals surface area (Å²) in [5, 5.41) is 10.7. The molecule has 4 nitrogen and oxygen atoms in total. The number of aromatic nitrogens is 3. The first-order chi connectivity index (χ1) is 8.52. The Labute approximate surface area is 104 Å². The van der Waals surface area contributed by atoms with Crippen molar-refractivity contribution in [3.05, 3.63) is 11.9 Å². The van der Waals surface area contributed by atoms with Crippen LogP contribution in [0.25, 0.3) is 0 Å². The lowest BCUT2D eigenvalue weighted by atomic mass is 9.93. The number of piperidine rings is 1. The highest BCUT2D eigenvalue weighted by atomic mass is 19.4. The van der Waals surface area contributed by atoms with Gasteiger partial charge in [-0.3, -0.25) is 0 Å². The second-order valence-electron chi connectivity index (χ2n) is 4.66. The normalized spacial score (nSPS) is 25.3. The number of aryl methyl sites for hydroxylation is 1. The van der Waals surface area contributed by atoms with Crippen LogP contribution in [-0.2, 0) is 6.54 Å². The average Bonchev–Trinajstić information content (AvgIpc) is 2.77. The zero-order valence-corrected chi connectivity index (χ0v) is 10.2. The van der Waals surface area contributed by atoms with E-state index in [2.05, 4.69) is 15.6 Å². The Balaban J connectivity index is 1.99. The van der Waals surface area contributed by atoms with Crippen LogP contribution < -0.4 is 5.32 Å². The van der Waals surface area contributed by atoms with Crippen molar-refractivity contribution >= 4 is 0 Å². The summed E-state index contributed by atoms with van der Waals surface area (Å²) in [6, 6.07) is -0.0647. The van der Waals surface area contributed by atoms with Crippen LogP contribution in [0, 0.1) is 5.92 Å². The minimum Gasteiger partial charge on any atom is -0.308 e. The summed E-state index contributed by atoms with van der Waals surface area (Å²) in [5.41, 5.74) is 0.887. The Bertz CT molecular complexity index is 380. The molecular weight excluding hydrogens is 245 g/mol. The average molecular weight is 262 g/mol. The fraction of sp³-hybridized carbons (Fsp3) is 0.818. The summed E-state index contributed by atoms with van der Waals surface area (Å²) in [4.78, 5) is 0. The molecule has 0 radical (unpaired) electrons. The molecule has 102 valence electrons. The maximum atomic E-state index is 12.5. The van der Waals surface area contributed by atoms with Gasteiger partial charge in [0, 0.05) is 13.1 Å². The number of hydrogen-bond acceptors (Lipinski definition) is 3. The number of nitrogens with one attached hydrogen (secondary N) is 1. The molecule has 2 rings (SSSR count). The van der Waals surface area contributed by atoms with E-state index < -0.39 is 12.1 Å². The fourth-order valence-corrected chi connectivity index (χ4v) is 2.31. The van der Waals surface area contributed by atoms with E-state index in [1.807, 2.05) is 6.92 Å². The Hall–Kier alpha value is -1.11. The highest BCUT2D eigenvalue weighted by molar-refractivity contribution is 5.04. The molecule has 0 spiro atoms. The van der Waals surface area contributed by atoms with Crippen LogP contribution in [0.3, 0.4) is 0 Å². The van der Waals surface area contributed by atoms with E-state index >= 15 is 0 Å². The highest BCUT2D eigenvalue weighted by Crippen LogP contribution is 2.35. The first-order valence-electron chi connectivity index (χ1n) is 6.21. The molecule has 1 N–H and O–H groups in total. The molecule has 2 heterocycles. The molecule has 1 fully saturated rings. The van der Waals surface area contributed by atoms with E-state index in [0.717, 1.165) is 18.7 Å². The second kappa shape index (κ2) is 5.26. The van der Waals surface area contributed by atoms with Gasteiger partial charge >= 0.3 is 6.18 Å². The molecule has 0 aromatic carbocycles. The molecule has 0 aliphatic carbocycles. The van der Waals surface area contributed by atoms with E-state index in [1.165, 1.54) is 0 Å². The van der Waals surface area contributed by atoms with Crippen LogP contribution in [0.1, 0.15) is 37.9 Å². The number of alkyl halides is 3. The van der Waals surface area contributed by atoms with Gasteiger partial charge in [-0.05, 0) is 19.3 Å². The first-order valence-corrected chi connectivity index (χ1v) is 6.21. The van der Waals surface area contributed by atoms with Crippen LogP contribution in [0.2, 0.25) is 0 Å². The molecule has 2 atom stereocenters. The minimum absolute atomic E-state index is 0.0223. The van der Waals surface area contributed by atoms with Gasteiger partial charge in [0.1, 0.15) is 0 Å². The number of rotatable bonds is 3. The van der Waals surface area contributed by atoms with E-state index in [0.29, 0.717) is 6.42 Å². The smallest absolute Gasteiger partial charge is 0.308 e. The van der Waals surface area contributed by atoms with Crippen molar-refractivity contribution in [1.29, 1.82) is 0 Å². The molecule has 1 aromatic rings. The van der Waals surface area contributed by atoms with Gasteiger partial charge in [0.15, 0.2) is 0 Å². The lowest BCUT2D eigenvalue weighted by molar-refractivity contribution is -0.179. The van der Waals surface area contributed by atoms with Crippen molar-refractivity contribution in [1.82, 2.24) is 20.3 Å². The standard InChI is InChI=1S/C11H17F3N4/c1-2-5-18-10(7-16-17-18)9-4-3-8(6-15-9)11(12,13)14/h7-9,15H,2-6H2,1H3. The van der Waals surface area contributed by atoms with Crippen LogP contribution >= 0.6 is 0 Å².